The maximum atomic E-state index is 11.5. The first kappa shape index (κ1) is 15.5. The van der Waals surface area contributed by atoms with Crippen molar-refractivity contribution < 1.29 is 13.2 Å². The molecule has 0 aliphatic rings. The minimum Gasteiger partial charge on any atom is -0.485 e. The van der Waals surface area contributed by atoms with E-state index in [1.807, 2.05) is 18.5 Å². The highest BCUT2D eigenvalue weighted by Gasteiger charge is 2.15. The van der Waals surface area contributed by atoms with E-state index in [2.05, 4.69) is 10.2 Å². The summed E-state index contributed by atoms with van der Waals surface area (Å²) in [5.41, 5.74) is 1.25. The molecule has 0 bridgehead atoms. The second kappa shape index (κ2) is 5.45. The van der Waals surface area contributed by atoms with Gasteiger partial charge in [-0.2, -0.15) is 0 Å². The second-order valence-electron chi connectivity index (χ2n) is 4.94. The number of benzene rings is 1. The molecule has 0 unspecified atom stereocenters. The Morgan fingerprint density at radius 2 is 1.86 bits per heavy atom. The maximum Gasteiger partial charge on any atom is 0.238 e. The summed E-state index contributed by atoms with van der Waals surface area (Å²) in [7, 11) is -1.87. The summed E-state index contributed by atoms with van der Waals surface area (Å²) < 4.78 is 30.5. The van der Waals surface area contributed by atoms with E-state index in [1.54, 1.807) is 19.9 Å². The molecule has 21 heavy (non-hydrogen) atoms. The molecule has 0 radical (unpaired) electrons. The van der Waals surface area contributed by atoms with Gasteiger partial charge in [-0.15, -0.1) is 10.2 Å². The van der Waals surface area contributed by atoms with Gasteiger partial charge in [0.15, 0.2) is 5.82 Å². The maximum absolute atomic E-state index is 11.5. The minimum atomic E-state index is -3.73. The Bertz CT molecular complexity index is 781. The molecule has 1 heterocycles. The van der Waals surface area contributed by atoms with Crippen LogP contribution in [0, 0.1) is 20.8 Å². The van der Waals surface area contributed by atoms with Crippen molar-refractivity contribution in [2.45, 2.75) is 32.3 Å². The molecule has 0 amide bonds. The Morgan fingerprint density at radius 1 is 1.19 bits per heavy atom. The molecular weight excluding hydrogens is 292 g/mol. The van der Waals surface area contributed by atoms with E-state index in [1.165, 1.54) is 6.07 Å². The first-order chi connectivity index (χ1) is 9.70. The van der Waals surface area contributed by atoms with Crippen molar-refractivity contribution in [3.63, 3.8) is 0 Å². The average Bonchev–Trinajstić information content (AvgIpc) is 2.69. The van der Waals surface area contributed by atoms with E-state index in [9.17, 15) is 8.42 Å². The number of rotatable bonds is 4. The van der Waals surface area contributed by atoms with Gasteiger partial charge in [0.05, 0.1) is 4.90 Å². The van der Waals surface area contributed by atoms with Gasteiger partial charge >= 0.3 is 0 Å². The standard InChI is InChI=1S/C13H18N4O3S/c1-8-6-12(21(14,18)19)9(2)5-11(8)20-7-13-16-15-10(3)17(13)4/h5-6H,7H2,1-4H3,(H2,14,18,19). The highest BCUT2D eigenvalue weighted by Crippen LogP contribution is 2.25. The fraction of sp³-hybridized carbons (Fsp3) is 0.385. The lowest BCUT2D eigenvalue weighted by Crippen LogP contribution is -2.14. The van der Waals surface area contributed by atoms with Crippen molar-refractivity contribution in [2.75, 3.05) is 0 Å². The Kier molecular flexibility index (Phi) is 4.02. The topological polar surface area (TPSA) is 100 Å². The van der Waals surface area contributed by atoms with Gasteiger partial charge in [0.25, 0.3) is 0 Å². The average molecular weight is 310 g/mol. The van der Waals surface area contributed by atoms with Crippen LogP contribution in [0.4, 0.5) is 0 Å². The molecule has 0 aliphatic heterocycles. The Morgan fingerprint density at radius 3 is 2.38 bits per heavy atom. The van der Waals surface area contributed by atoms with Gasteiger partial charge in [0, 0.05) is 7.05 Å². The molecular formula is C13H18N4O3S. The van der Waals surface area contributed by atoms with Crippen molar-refractivity contribution in [2.24, 2.45) is 12.2 Å². The molecule has 7 nitrogen and oxygen atoms in total. The van der Waals surface area contributed by atoms with Crippen LogP contribution < -0.4 is 9.88 Å². The monoisotopic (exact) mass is 310 g/mol. The number of primary sulfonamides is 1. The number of sulfonamides is 1. The number of nitrogens with zero attached hydrogens (tertiary/aromatic N) is 3. The van der Waals surface area contributed by atoms with Crippen molar-refractivity contribution in [1.29, 1.82) is 0 Å². The zero-order chi connectivity index (χ0) is 15.8. The first-order valence-corrected chi connectivity index (χ1v) is 7.86. The fourth-order valence-electron chi connectivity index (χ4n) is 1.94. The highest BCUT2D eigenvalue weighted by molar-refractivity contribution is 7.89. The van der Waals surface area contributed by atoms with Gasteiger partial charge in [-0.25, -0.2) is 13.6 Å². The predicted octanol–water partition coefficient (Wildman–Crippen LogP) is 0.967. The van der Waals surface area contributed by atoms with E-state index < -0.39 is 10.0 Å². The van der Waals surface area contributed by atoms with Crippen molar-refractivity contribution in [3.05, 3.63) is 34.9 Å². The smallest absolute Gasteiger partial charge is 0.238 e. The van der Waals surface area contributed by atoms with Gasteiger partial charge in [-0.05, 0) is 44.0 Å². The third-order valence-electron chi connectivity index (χ3n) is 3.32. The molecule has 8 heteroatoms. The van der Waals surface area contributed by atoms with E-state index in [4.69, 9.17) is 9.88 Å². The van der Waals surface area contributed by atoms with E-state index in [-0.39, 0.29) is 11.5 Å². The Balaban J connectivity index is 2.26. The van der Waals surface area contributed by atoms with Crippen LogP contribution in [0.2, 0.25) is 0 Å². The number of aromatic nitrogens is 3. The lowest BCUT2D eigenvalue weighted by Gasteiger charge is -2.12. The van der Waals surface area contributed by atoms with Crippen LogP contribution >= 0.6 is 0 Å². The highest BCUT2D eigenvalue weighted by atomic mass is 32.2. The molecule has 114 valence electrons. The molecule has 2 N–H and O–H groups in total. The van der Waals surface area contributed by atoms with Crippen molar-refractivity contribution in [1.82, 2.24) is 14.8 Å². The Labute approximate surface area is 123 Å². The van der Waals surface area contributed by atoms with Crippen LogP contribution in [0.5, 0.6) is 5.75 Å². The summed E-state index contributed by atoms with van der Waals surface area (Å²) in [6.07, 6.45) is 0. The lowest BCUT2D eigenvalue weighted by molar-refractivity contribution is 0.288. The van der Waals surface area contributed by atoms with Gasteiger partial charge in [0.2, 0.25) is 10.0 Å². The second-order valence-corrected chi connectivity index (χ2v) is 6.47. The third-order valence-corrected chi connectivity index (χ3v) is 4.37. The summed E-state index contributed by atoms with van der Waals surface area (Å²) in [4.78, 5) is 0.113. The third kappa shape index (κ3) is 3.22. The van der Waals surface area contributed by atoms with E-state index in [0.29, 0.717) is 22.7 Å². The summed E-state index contributed by atoms with van der Waals surface area (Å²) in [6, 6.07) is 3.18. The van der Waals surface area contributed by atoms with Crippen molar-refractivity contribution in [3.8, 4) is 5.75 Å². The number of hydrogen-bond donors (Lipinski definition) is 1. The summed E-state index contributed by atoms with van der Waals surface area (Å²) in [5, 5.41) is 13.1. The predicted molar refractivity (Wildman–Crippen MR) is 77.4 cm³/mol. The van der Waals surface area contributed by atoms with Crippen molar-refractivity contribution >= 4 is 10.0 Å². The van der Waals surface area contributed by atoms with Crippen LogP contribution in [0.15, 0.2) is 17.0 Å². The number of ether oxygens (including phenoxy) is 1. The summed E-state index contributed by atoms with van der Waals surface area (Å²) >= 11 is 0. The van der Waals surface area contributed by atoms with Gasteiger partial charge in [0.1, 0.15) is 18.2 Å². The fourth-order valence-corrected chi connectivity index (χ4v) is 2.79. The van der Waals surface area contributed by atoms with Crippen LogP contribution in [0.1, 0.15) is 22.8 Å². The van der Waals surface area contributed by atoms with Crippen LogP contribution in [0.25, 0.3) is 0 Å². The van der Waals surface area contributed by atoms with Gasteiger partial charge in [-0.3, -0.25) is 0 Å². The lowest BCUT2D eigenvalue weighted by atomic mass is 10.1. The van der Waals surface area contributed by atoms with E-state index >= 15 is 0 Å². The molecule has 1 aromatic heterocycles. The summed E-state index contributed by atoms with van der Waals surface area (Å²) in [5.74, 6) is 2.09. The minimum absolute atomic E-state index is 0.113. The summed E-state index contributed by atoms with van der Waals surface area (Å²) in [6.45, 7) is 5.56. The molecule has 0 spiro atoms. The van der Waals surface area contributed by atoms with Crippen LogP contribution in [-0.2, 0) is 23.7 Å². The zero-order valence-corrected chi connectivity index (χ0v) is 13.2. The molecule has 0 saturated heterocycles. The Hall–Kier alpha value is -1.93. The van der Waals surface area contributed by atoms with Crippen LogP contribution in [-0.4, -0.2) is 23.2 Å². The molecule has 0 fully saturated rings. The normalized spacial score (nSPS) is 11.7. The van der Waals surface area contributed by atoms with Gasteiger partial charge < -0.3 is 9.30 Å². The largest absolute Gasteiger partial charge is 0.485 e. The molecule has 2 aromatic rings. The van der Waals surface area contributed by atoms with E-state index in [0.717, 1.165) is 5.82 Å². The quantitative estimate of drug-likeness (QED) is 0.907. The molecule has 1 aromatic carbocycles. The first-order valence-electron chi connectivity index (χ1n) is 6.32. The van der Waals surface area contributed by atoms with Crippen LogP contribution in [0.3, 0.4) is 0 Å². The molecule has 0 aliphatic carbocycles. The zero-order valence-electron chi connectivity index (χ0n) is 12.4. The number of nitrogens with two attached hydrogens (primary N) is 1. The number of hydrogen-bond acceptors (Lipinski definition) is 5. The molecule has 0 atom stereocenters. The molecule has 0 saturated carbocycles. The number of aryl methyl sites for hydroxylation is 3. The van der Waals surface area contributed by atoms with Gasteiger partial charge in [-0.1, -0.05) is 0 Å². The SMILES string of the molecule is Cc1cc(S(N)(=O)=O)c(C)cc1OCc1nnc(C)n1C. The molecule has 2 rings (SSSR count).